The first-order valence-corrected chi connectivity index (χ1v) is 7.91. The van der Waals surface area contributed by atoms with E-state index in [1.54, 1.807) is 12.4 Å². The molecule has 0 fully saturated rings. The summed E-state index contributed by atoms with van der Waals surface area (Å²) in [5, 5.41) is 9.31. The second-order valence-corrected chi connectivity index (χ2v) is 6.16. The van der Waals surface area contributed by atoms with E-state index in [0.29, 0.717) is 17.5 Å². The van der Waals surface area contributed by atoms with Crippen molar-refractivity contribution in [1.82, 2.24) is 9.97 Å². The molecule has 2 aromatic rings. The van der Waals surface area contributed by atoms with E-state index in [1.165, 1.54) is 11.3 Å². The molecule has 1 aliphatic rings. The third-order valence-corrected chi connectivity index (χ3v) is 4.08. The Balaban J connectivity index is 1.60. The second kappa shape index (κ2) is 6.23. The normalized spacial score (nSPS) is 17.2. The Morgan fingerprint density at radius 2 is 2.36 bits per heavy atom. The van der Waals surface area contributed by atoms with Gasteiger partial charge in [-0.15, -0.1) is 11.3 Å². The van der Waals surface area contributed by atoms with Gasteiger partial charge in [-0.05, 0) is 18.1 Å². The summed E-state index contributed by atoms with van der Waals surface area (Å²) in [6.07, 6.45) is 3.21. The maximum Gasteiger partial charge on any atom is 0.270 e. The molecule has 3 heterocycles. The lowest BCUT2D eigenvalue weighted by Gasteiger charge is -2.07. The number of rotatable bonds is 4. The van der Waals surface area contributed by atoms with E-state index in [4.69, 9.17) is 4.84 Å². The average molecular weight is 316 g/mol. The molecule has 0 radical (unpaired) electrons. The first-order chi connectivity index (χ1) is 10.6. The van der Waals surface area contributed by atoms with Crippen molar-refractivity contribution >= 4 is 28.1 Å². The lowest BCUT2D eigenvalue weighted by atomic mass is 10.1. The molecule has 6 nitrogen and oxygen atoms in total. The van der Waals surface area contributed by atoms with Crippen LogP contribution in [0.1, 0.15) is 37.4 Å². The molecule has 0 saturated carbocycles. The summed E-state index contributed by atoms with van der Waals surface area (Å²) >= 11 is 1.42. The number of oxime groups is 1. The molecule has 1 unspecified atom stereocenters. The molecule has 0 aliphatic carbocycles. The molecule has 0 spiro atoms. The molecule has 0 bridgehead atoms. The SMILES string of the molecule is CC(C)c1csc(NC(=O)C2CC(c3cccnc3)=NO2)n1. The van der Waals surface area contributed by atoms with Crippen molar-refractivity contribution in [2.75, 3.05) is 5.32 Å². The van der Waals surface area contributed by atoms with Gasteiger partial charge in [0.2, 0.25) is 6.10 Å². The molecule has 1 amide bonds. The van der Waals surface area contributed by atoms with Gasteiger partial charge in [-0.25, -0.2) is 4.98 Å². The fourth-order valence-electron chi connectivity index (χ4n) is 2.02. The zero-order chi connectivity index (χ0) is 15.5. The third-order valence-electron chi connectivity index (χ3n) is 3.30. The van der Waals surface area contributed by atoms with Crippen molar-refractivity contribution in [3.8, 4) is 0 Å². The number of carbonyl (C=O) groups excluding carboxylic acids is 1. The van der Waals surface area contributed by atoms with E-state index in [-0.39, 0.29) is 5.91 Å². The molecule has 0 saturated heterocycles. The predicted octanol–water partition coefficient (Wildman–Crippen LogP) is 2.79. The summed E-state index contributed by atoms with van der Waals surface area (Å²) in [7, 11) is 0. The lowest BCUT2D eigenvalue weighted by molar-refractivity contribution is -0.125. The molecule has 1 N–H and O–H groups in total. The van der Waals surface area contributed by atoms with Crippen LogP contribution in [0.5, 0.6) is 0 Å². The Morgan fingerprint density at radius 1 is 1.50 bits per heavy atom. The van der Waals surface area contributed by atoms with Gasteiger partial charge in [0.05, 0.1) is 11.4 Å². The van der Waals surface area contributed by atoms with Crippen LogP contribution in [0.15, 0.2) is 35.1 Å². The number of amides is 1. The summed E-state index contributed by atoms with van der Waals surface area (Å²) < 4.78 is 0. The van der Waals surface area contributed by atoms with Gasteiger partial charge in [-0.3, -0.25) is 15.1 Å². The highest BCUT2D eigenvalue weighted by Gasteiger charge is 2.29. The van der Waals surface area contributed by atoms with Gasteiger partial charge < -0.3 is 4.84 Å². The van der Waals surface area contributed by atoms with Crippen molar-refractivity contribution in [3.63, 3.8) is 0 Å². The molecule has 0 aromatic carbocycles. The van der Waals surface area contributed by atoms with E-state index < -0.39 is 6.10 Å². The molecule has 2 aromatic heterocycles. The van der Waals surface area contributed by atoms with E-state index in [2.05, 4.69) is 34.3 Å². The Morgan fingerprint density at radius 3 is 3.05 bits per heavy atom. The van der Waals surface area contributed by atoms with Crippen LogP contribution < -0.4 is 5.32 Å². The molecular formula is C15H16N4O2S. The minimum absolute atomic E-state index is 0.229. The predicted molar refractivity (Wildman–Crippen MR) is 85.1 cm³/mol. The van der Waals surface area contributed by atoms with Crippen molar-refractivity contribution in [2.45, 2.75) is 32.3 Å². The molecule has 3 rings (SSSR count). The molecule has 1 aliphatic heterocycles. The largest absolute Gasteiger partial charge is 0.382 e. The number of nitrogens with zero attached hydrogens (tertiary/aromatic N) is 3. The summed E-state index contributed by atoms with van der Waals surface area (Å²) in [6, 6.07) is 3.72. The van der Waals surface area contributed by atoms with Gasteiger partial charge in [-0.1, -0.05) is 19.0 Å². The zero-order valence-electron chi connectivity index (χ0n) is 12.3. The average Bonchev–Trinajstić information content (AvgIpc) is 3.17. The highest BCUT2D eigenvalue weighted by Crippen LogP contribution is 2.23. The number of pyridine rings is 1. The number of carbonyl (C=O) groups is 1. The standard InChI is InChI=1S/C15H16N4O2S/c1-9(2)12-8-22-15(17-12)18-14(20)13-6-11(19-21-13)10-4-3-5-16-7-10/h3-5,7-9,13H,6H2,1-2H3,(H,17,18,20). The van der Waals surface area contributed by atoms with Crippen molar-refractivity contribution in [3.05, 3.63) is 41.2 Å². The van der Waals surface area contributed by atoms with Crippen LogP contribution in [0.4, 0.5) is 5.13 Å². The Hall–Kier alpha value is -2.28. The smallest absolute Gasteiger partial charge is 0.270 e. The first kappa shape index (κ1) is 14.6. The Kier molecular flexibility index (Phi) is 4.15. The van der Waals surface area contributed by atoms with E-state index >= 15 is 0 Å². The minimum Gasteiger partial charge on any atom is -0.382 e. The fraction of sp³-hybridized carbons (Fsp3) is 0.333. The number of aromatic nitrogens is 2. The topological polar surface area (TPSA) is 76.5 Å². The number of anilines is 1. The van der Waals surface area contributed by atoms with E-state index in [9.17, 15) is 4.79 Å². The van der Waals surface area contributed by atoms with Gasteiger partial charge in [0.1, 0.15) is 0 Å². The van der Waals surface area contributed by atoms with Crippen LogP contribution >= 0.6 is 11.3 Å². The molecule has 22 heavy (non-hydrogen) atoms. The third kappa shape index (κ3) is 3.14. The van der Waals surface area contributed by atoms with Gasteiger partial charge in [0.25, 0.3) is 5.91 Å². The van der Waals surface area contributed by atoms with Crippen LogP contribution in [-0.4, -0.2) is 27.7 Å². The molecule has 114 valence electrons. The highest BCUT2D eigenvalue weighted by molar-refractivity contribution is 7.13. The van der Waals surface area contributed by atoms with E-state index in [0.717, 1.165) is 17.0 Å². The minimum atomic E-state index is -0.624. The molecule has 7 heteroatoms. The van der Waals surface area contributed by atoms with Crippen molar-refractivity contribution in [2.24, 2.45) is 5.16 Å². The second-order valence-electron chi connectivity index (χ2n) is 5.30. The number of nitrogens with one attached hydrogen (secondary N) is 1. The Bertz CT molecular complexity index is 697. The molecule has 1 atom stereocenters. The fourth-order valence-corrected chi connectivity index (χ4v) is 2.89. The first-order valence-electron chi connectivity index (χ1n) is 7.03. The van der Waals surface area contributed by atoms with Gasteiger partial charge >= 0.3 is 0 Å². The van der Waals surface area contributed by atoms with Crippen LogP contribution in [0.3, 0.4) is 0 Å². The highest BCUT2D eigenvalue weighted by atomic mass is 32.1. The summed E-state index contributed by atoms with van der Waals surface area (Å²) in [6.45, 7) is 4.13. The number of hydrogen-bond acceptors (Lipinski definition) is 6. The van der Waals surface area contributed by atoms with Gasteiger partial charge in [0, 0.05) is 29.8 Å². The maximum absolute atomic E-state index is 12.2. The monoisotopic (exact) mass is 316 g/mol. The van der Waals surface area contributed by atoms with Crippen molar-refractivity contribution < 1.29 is 9.63 Å². The van der Waals surface area contributed by atoms with Crippen LogP contribution in [0.2, 0.25) is 0 Å². The zero-order valence-corrected chi connectivity index (χ0v) is 13.1. The number of thiazole rings is 1. The van der Waals surface area contributed by atoms with Crippen LogP contribution in [0.25, 0.3) is 0 Å². The summed E-state index contributed by atoms with van der Waals surface area (Å²) in [4.78, 5) is 25.9. The van der Waals surface area contributed by atoms with Gasteiger partial charge in [0.15, 0.2) is 5.13 Å². The van der Waals surface area contributed by atoms with Gasteiger partial charge in [-0.2, -0.15) is 0 Å². The maximum atomic E-state index is 12.2. The summed E-state index contributed by atoms with van der Waals surface area (Å²) in [5.41, 5.74) is 2.57. The molecular weight excluding hydrogens is 300 g/mol. The number of hydrogen-bond donors (Lipinski definition) is 1. The van der Waals surface area contributed by atoms with Crippen LogP contribution in [-0.2, 0) is 9.63 Å². The lowest BCUT2D eigenvalue weighted by Crippen LogP contribution is -2.28. The quantitative estimate of drug-likeness (QED) is 0.941. The van der Waals surface area contributed by atoms with Crippen LogP contribution in [0, 0.1) is 0 Å². The summed E-state index contributed by atoms with van der Waals surface area (Å²) in [5.74, 6) is 0.109. The Labute approximate surface area is 132 Å². The van der Waals surface area contributed by atoms with Crippen molar-refractivity contribution in [1.29, 1.82) is 0 Å². The van der Waals surface area contributed by atoms with E-state index in [1.807, 2.05) is 17.5 Å².